The summed E-state index contributed by atoms with van der Waals surface area (Å²) in [7, 11) is 0. The molecule has 0 saturated carbocycles. The number of ether oxygens (including phenoxy) is 1. The summed E-state index contributed by atoms with van der Waals surface area (Å²) < 4.78 is 18.0. The second-order valence-corrected chi connectivity index (χ2v) is 5.21. The lowest BCUT2D eigenvalue weighted by molar-refractivity contribution is -0.121. The Labute approximate surface area is 139 Å². The number of aryl methyl sites for hydroxylation is 1. The number of hydrogen-bond donors (Lipinski definition) is 1. The minimum Gasteiger partial charge on any atom is -0.507 e. The maximum atomic E-state index is 13.0. The van der Waals surface area contributed by atoms with E-state index >= 15 is 0 Å². The van der Waals surface area contributed by atoms with E-state index in [0.717, 1.165) is 5.56 Å². The maximum Gasteiger partial charge on any atom is 0.342 e. The van der Waals surface area contributed by atoms with Crippen LogP contribution in [-0.2, 0) is 9.53 Å². The van der Waals surface area contributed by atoms with Gasteiger partial charge in [0, 0.05) is 12.2 Å². The second kappa shape index (κ2) is 7.59. The van der Waals surface area contributed by atoms with Crippen molar-refractivity contribution in [2.75, 3.05) is 18.1 Å². The zero-order chi connectivity index (χ0) is 17.7. The minimum absolute atomic E-state index is 0.00707. The zero-order valence-electron chi connectivity index (χ0n) is 13.5. The van der Waals surface area contributed by atoms with Crippen molar-refractivity contribution in [2.24, 2.45) is 0 Å². The molecule has 0 radical (unpaired) electrons. The lowest BCUT2D eigenvalue weighted by Crippen LogP contribution is -2.34. The van der Waals surface area contributed by atoms with Crippen molar-refractivity contribution in [3.8, 4) is 5.75 Å². The highest BCUT2D eigenvalue weighted by Crippen LogP contribution is 2.19. The van der Waals surface area contributed by atoms with Gasteiger partial charge in [-0.25, -0.2) is 9.18 Å². The van der Waals surface area contributed by atoms with Gasteiger partial charge in [-0.3, -0.25) is 4.79 Å². The highest BCUT2D eigenvalue weighted by Gasteiger charge is 2.18. The number of carbonyl (C=O) groups is 2. The first-order valence-electron chi connectivity index (χ1n) is 7.45. The van der Waals surface area contributed by atoms with Crippen LogP contribution in [0.15, 0.2) is 42.5 Å². The molecule has 0 spiro atoms. The first-order valence-corrected chi connectivity index (χ1v) is 7.45. The second-order valence-electron chi connectivity index (χ2n) is 5.21. The molecule has 24 heavy (non-hydrogen) atoms. The van der Waals surface area contributed by atoms with Crippen LogP contribution in [0, 0.1) is 12.7 Å². The van der Waals surface area contributed by atoms with E-state index in [-0.39, 0.29) is 11.3 Å². The Morgan fingerprint density at radius 1 is 1.17 bits per heavy atom. The van der Waals surface area contributed by atoms with Gasteiger partial charge in [-0.05, 0) is 50.2 Å². The molecule has 1 amide bonds. The van der Waals surface area contributed by atoms with Crippen molar-refractivity contribution in [2.45, 2.75) is 13.8 Å². The Balaban J connectivity index is 2.04. The topological polar surface area (TPSA) is 66.8 Å². The fourth-order valence-corrected chi connectivity index (χ4v) is 2.22. The SMILES string of the molecule is CCN(C(=O)COC(=O)c1cc(C)ccc1O)c1ccc(F)cc1. The number of esters is 1. The standard InChI is InChI=1S/C18H18FNO4/c1-3-20(14-7-5-13(19)6-8-14)17(22)11-24-18(23)15-10-12(2)4-9-16(15)21/h4-10,21H,3,11H2,1-2H3. The van der Waals surface area contributed by atoms with Gasteiger partial charge in [-0.1, -0.05) is 11.6 Å². The van der Waals surface area contributed by atoms with E-state index in [1.54, 1.807) is 19.9 Å². The Bertz CT molecular complexity index is 743. The van der Waals surface area contributed by atoms with Crippen LogP contribution in [0.2, 0.25) is 0 Å². The summed E-state index contributed by atoms with van der Waals surface area (Å²) in [5.41, 5.74) is 1.30. The number of halogens is 1. The number of aromatic hydroxyl groups is 1. The molecule has 1 N–H and O–H groups in total. The van der Waals surface area contributed by atoms with Crippen LogP contribution in [0.25, 0.3) is 0 Å². The Kier molecular flexibility index (Phi) is 5.52. The molecule has 0 bridgehead atoms. The molecular weight excluding hydrogens is 313 g/mol. The molecule has 0 saturated heterocycles. The Morgan fingerprint density at radius 2 is 1.83 bits per heavy atom. The number of phenols is 1. The molecule has 6 heteroatoms. The molecule has 0 unspecified atom stereocenters. The van der Waals surface area contributed by atoms with Gasteiger partial charge in [0.05, 0.1) is 0 Å². The number of phenolic OH excluding ortho intramolecular Hbond substituents is 1. The van der Waals surface area contributed by atoms with Crippen molar-refractivity contribution >= 4 is 17.6 Å². The van der Waals surface area contributed by atoms with Gasteiger partial charge in [-0.2, -0.15) is 0 Å². The van der Waals surface area contributed by atoms with Gasteiger partial charge >= 0.3 is 5.97 Å². The summed E-state index contributed by atoms with van der Waals surface area (Å²) in [6, 6.07) is 9.99. The zero-order valence-corrected chi connectivity index (χ0v) is 13.5. The molecule has 0 heterocycles. The van der Waals surface area contributed by atoms with Crippen LogP contribution in [0.4, 0.5) is 10.1 Å². The molecule has 0 aliphatic heterocycles. The molecule has 126 valence electrons. The number of anilines is 1. The largest absolute Gasteiger partial charge is 0.507 e. The van der Waals surface area contributed by atoms with Crippen molar-refractivity contribution in [3.05, 3.63) is 59.4 Å². The molecule has 0 atom stereocenters. The number of likely N-dealkylation sites (N-methyl/N-ethyl adjacent to an activating group) is 1. The highest BCUT2D eigenvalue weighted by molar-refractivity contribution is 5.98. The smallest absolute Gasteiger partial charge is 0.342 e. The van der Waals surface area contributed by atoms with E-state index in [1.807, 2.05) is 0 Å². The van der Waals surface area contributed by atoms with Gasteiger partial charge < -0.3 is 14.7 Å². The van der Waals surface area contributed by atoms with Gasteiger partial charge in [0.15, 0.2) is 6.61 Å². The predicted molar refractivity (Wildman–Crippen MR) is 87.6 cm³/mol. The van der Waals surface area contributed by atoms with Crippen molar-refractivity contribution in [1.82, 2.24) is 0 Å². The molecule has 2 aromatic carbocycles. The molecule has 2 rings (SSSR count). The van der Waals surface area contributed by atoms with Crippen LogP contribution in [0.5, 0.6) is 5.75 Å². The normalized spacial score (nSPS) is 10.3. The summed E-state index contributed by atoms with van der Waals surface area (Å²) in [4.78, 5) is 25.6. The van der Waals surface area contributed by atoms with Gasteiger partial charge in [0.1, 0.15) is 17.1 Å². The van der Waals surface area contributed by atoms with Crippen LogP contribution in [0.1, 0.15) is 22.8 Å². The van der Waals surface area contributed by atoms with E-state index in [0.29, 0.717) is 12.2 Å². The third-order valence-electron chi connectivity index (χ3n) is 3.45. The quantitative estimate of drug-likeness (QED) is 0.855. The molecule has 0 aliphatic carbocycles. The van der Waals surface area contributed by atoms with Gasteiger partial charge in [0.2, 0.25) is 0 Å². The average molecular weight is 331 g/mol. The van der Waals surface area contributed by atoms with E-state index < -0.39 is 24.3 Å². The van der Waals surface area contributed by atoms with E-state index in [4.69, 9.17) is 4.74 Å². The predicted octanol–water partition coefficient (Wildman–Crippen LogP) is 3.05. The van der Waals surface area contributed by atoms with Gasteiger partial charge in [-0.15, -0.1) is 0 Å². The lowest BCUT2D eigenvalue weighted by atomic mass is 10.1. The molecule has 2 aromatic rings. The van der Waals surface area contributed by atoms with Gasteiger partial charge in [0.25, 0.3) is 5.91 Å². The number of nitrogens with zero attached hydrogens (tertiary/aromatic N) is 1. The summed E-state index contributed by atoms with van der Waals surface area (Å²) >= 11 is 0. The number of carbonyl (C=O) groups excluding carboxylic acids is 2. The number of rotatable bonds is 5. The maximum absolute atomic E-state index is 13.0. The summed E-state index contributed by atoms with van der Waals surface area (Å²) in [6.45, 7) is 3.40. The van der Waals surface area contributed by atoms with Crippen molar-refractivity contribution in [1.29, 1.82) is 0 Å². The number of hydrogen-bond acceptors (Lipinski definition) is 4. The van der Waals surface area contributed by atoms with Crippen LogP contribution >= 0.6 is 0 Å². The summed E-state index contributed by atoms with van der Waals surface area (Å²) in [5, 5.41) is 9.70. The first-order chi connectivity index (χ1) is 11.4. The molecular formula is C18H18FNO4. The van der Waals surface area contributed by atoms with Crippen molar-refractivity contribution in [3.63, 3.8) is 0 Å². The third-order valence-corrected chi connectivity index (χ3v) is 3.45. The van der Waals surface area contributed by atoms with E-state index in [9.17, 15) is 19.1 Å². The molecule has 5 nitrogen and oxygen atoms in total. The first kappa shape index (κ1) is 17.5. The van der Waals surface area contributed by atoms with Crippen LogP contribution in [0.3, 0.4) is 0 Å². The van der Waals surface area contributed by atoms with Crippen LogP contribution in [-0.4, -0.2) is 30.1 Å². The number of benzene rings is 2. The van der Waals surface area contributed by atoms with Crippen molar-refractivity contribution < 1.29 is 23.8 Å². The fourth-order valence-electron chi connectivity index (χ4n) is 2.22. The third kappa shape index (κ3) is 4.10. The summed E-state index contributed by atoms with van der Waals surface area (Å²) in [6.07, 6.45) is 0. The average Bonchev–Trinajstić information content (AvgIpc) is 2.57. The monoisotopic (exact) mass is 331 g/mol. The Hall–Kier alpha value is -2.89. The highest BCUT2D eigenvalue weighted by atomic mass is 19.1. The molecule has 0 aromatic heterocycles. The Morgan fingerprint density at radius 3 is 2.46 bits per heavy atom. The summed E-state index contributed by atoms with van der Waals surface area (Å²) in [5.74, 6) is -1.82. The van der Waals surface area contributed by atoms with E-state index in [1.165, 1.54) is 41.3 Å². The number of amides is 1. The lowest BCUT2D eigenvalue weighted by Gasteiger charge is -2.20. The van der Waals surface area contributed by atoms with E-state index in [2.05, 4.69) is 0 Å². The fraction of sp³-hybridized carbons (Fsp3) is 0.222. The molecule has 0 fully saturated rings. The minimum atomic E-state index is -0.778. The molecule has 0 aliphatic rings. The van der Waals surface area contributed by atoms with Crippen LogP contribution < -0.4 is 4.90 Å².